The van der Waals surface area contributed by atoms with Crippen LogP contribution in [0.5, 0.6) is 0 Å². The molecule has 2 aromatic rings. The Hall–Kier alpha value is -2.32. The summed E-state index contributed by atoms with van der Waals surface area (Å²) < 4.78 is 5.21. The number of nitrogens with zero attached hydrogens (tertiary/aromatic N) is 2. The maximum Gasteiger partial charge on any atom is 0.287 e. The average Bonchev–Trinajstić information content (AvgIpc) is 3.41. The predicted octanol–water partition coefficient (Wildman–Crippen LogP) is 2.99. The first-order valence-corrected chi connectivity index (χ1v) is 11.7. The Morgan fingerprint density at radius 1 is 1.30 bits per heavy atom. The van der Waals surface area contributed by atoms with Crippen LogP contribution in [0.2, 0.25) is 0 Å². The van der Waals surface area contributed by atoms with Gasteiger partial charge in [0.05, 0.1) is 6.26 Å². The predicted molar refractivity (Wildman–Crippen MR) is 122 cm³/mol. The van der Waals surface area contributed by atoms with Gasteiger partial charge in [-0.25, -0.2) is 0 Å². The Morgan fingerprint density at radius 2 is 2.13 bits per heavy atom. The van der Waals surface area contributed by atoms with E-state index in [1.807, 2.05) is 6.92 Å². The van der Waals surface area contributed by atoms with E-state index in [0.717, 1.165) is 57.0 Å². The van der Waals surface area contributed by atoms with Crippen LogP contribution in [0.25, 0.3) is 0 Å². The number of aryl methyl sites for hydroxylation is 1. The summed E-state index contributed by atoms with van der Waals surface area (Å²) in [4.78, 5) is 19.2. The number of furan rings is 1. The van der Waals surface area contributed by atoms with Gasteiger partial charge in [-0.2, -0.15) is 11.3 Å². The Morgan fingerprint density at radius 3 is 2.80 bits per heavy atom. The summed E-state index contributed by atoms with van der Waals surface area (Å²) >= 11 is 1.76. The number of thiophene rings is 1. The number of amides is 1. The minimum Gasteiger partial charge on any atom is -0.459 e. The van der Waals surface area contributed by atoms with Gasteiger partial charge < -0.3 is 20.4 Å². The molecule has 3 N–H and O–H groups in total. The number of piperidine rings is 1. The standard InChI is InChI=1S/C22H33N5O2S/c1-3-23-22(25-10-4-9-24-21(28)20-17(2)7-13-29-20)26-19-5-11-27(12-6-19)15-18-8-14-30-16-18/h7-8,13-14,16,19H,3-6,9-12,15H2,1-2H3,(H,24,28)(H2,23,25,26). The minimum absolute atomic E-state index is 0.166. The van der Waals surface area contributed by atoms with Crippen molar-refractivity contribution in [2.45, 2.75) is 45.7 Å². The van der Waals surface area contributed by atoms with Gasteiger partial charge in [-0.15, -0.1) is 0 Å². The molecule has 1 aliphatic heterocycles. The fraction of sp³-hybridized carbons (Fsp3) is 0.545. The van der Waals surface area contributed by atoms with E-state index in [9.17, 15) is 4.79 Å². The molecule has 0 atom stereocenters. The van der Waals surface area contributed by atoms with Crippen LogP contribution in [0.4, 0.5) is 0 Å². The quantitative estimate of drug-likeness (QED) is 0.323. The van der Waals surface area contributed by atoms with Gasteiger partial charge in [0, 0.05) is 50.9 Å². The minimum atomic E-state index is -0.166. The van der Waals surface area contributed by atoms with Crippen LogP contribution in [0, 0.1) is 6.92 Å². The van der Waals surface area contributed by atoms with Crippen molar-refractivity contribution in [2.24, 2.45) is 4.99 Å². The normalized spacial score (nSPS) is 15.9. The van der Waals surface area contributed by atoms with Gasteiger partial charge in [-0.1, -0.05) is 0 Å². The second kappa shape index (κ2) is 11.8. The molecule has 30 heavy (non-hydrogen) atoms. The highest BCUT2D eigenvalue weighted by Crippen LogP contribution is 2.15. The number of likely N-dealkylation sites (tertiary alicyclic amines) is 1. The first kappa shape index (κ1) is 22.4. The van der Waals surface area contributed by atoms with E-state index >= 15 is 0 Å². The number of guanidine groups is 1. The lowest BCUT2D eigenvalue weighted by Gasteiger charge is -2.33. The molecule has 0 aromatic carbocycles. The summed E-state index contributed by atoms with van der Waals surface area (Å²) in [6, 6.07) is 4.45. The SMILES string of the molecule is CCNC(=NCCCNC(=O)c1occc1C)NC1CCN(Cc2ccsc2)CC1. The number of carbonyl (C=O) groups is 1. The lowest BCUT2D eigenvalue weighted by molar-refractivity contribution is 0.0925. The van der Waals surface area contributed by atoms with Crippen LogP contribution in [0.3, 0.4) is 0 Å². The third kappa shape index (κ3) is 6.88. The number of hydrogen-bond donors (Lipinski definition) is 3. The first-order valence-electron chi connectivity index (χ1n) is 10.8. The maximum atomic E-state index is 12.0. The summed E-state index contributed by atoms with van der Waals surface area (Å²) in [6.07, 6.45) is 4.55. The Labute approximate surface area is 182 Å². The number of aliphatic imine (C=N–C) groups is 1. The highest BCUT2D eigenvalue weighted by atomic mass is 32.1. The Balaban J connectivity index is 1.36. The molecule has 7 nitrogen and oxygen atoms in total. The summed E-state index contributed by atoms with van der Waals surface area (Å²) in [7, 11) is 0. The van der Waals surface area contributed by atoms with Gasteiger partial charge in [0.15, 0.2) is 11.7 Å². The smallest absolute Gasteiger partial charge is 0.287 e. The first-order chi connectivity index (χ1) is 14.7. The Kier molecular flexibility index (Phi) is 8.77. The van der Waals surface area contributed by atoms with E-state index in [4.69, 9.17) is 4.42 Å². The molecule has 0 saturated carbocycles. The van der Waals surface area contributed by atoms with Crippen molar-refractivity contribution in [3.8, 4) is 0 Å². The molecule has 0 bridgehead atoms. The van der Waals surface area contributed by atoms with Gasteiger partial charge >= 0.3 is 0 Å². The second-order valence-corrected chi connectivity index (χ2v) is 8.41. The van der Waals surface area contributed by atoms with Crippen molar-refractivity contribution in [3.63, 3.8) is 0 Å². The van der Waals surface area contributed by atoms with E-state index in [0.29, 0.717) is 24.9 Å². The van der Waals surface area contributed by atoms with Gasteiger partial charge in [-0.05, 0) is 61.6 Å². The van der Waals surface area contributed by atoms with Crippen LogP contribution >= 0.6 is 11.3 Å². The zero-order valence-electron chi connectivity index (χ0n) is 17.9. The lowest BCUT2D eigenvalue weighted by atomic mass is 10.0. The van der Waals surface area contributed by atoms with Crippen molar-refractivity contribution < 1.29 is 9.21 Å². The molecule has 3 rings (SSSR count). The summed E-state index contributed by atoms with van der Waals surface area (Å²) in [5.41, 5.74) is 2.26. The van der Waals surface area contributed by atoms with E-state index in [2.05, 4.69) is 49.6 Å². The average molecular weight is 432 g/mol. The highest BCUT2D eigenvalue weighted by Gasteiger charge is 2.20. The van der Waals surface area contributed by atoms with Gasteiger partial charge in [-0.3, -0.25) is 14.7 Å². The van der Waals surface area contributed by atoms with E-state index in [-0.39, 0.29) is 5.91 Å². The third-order valence-corrected chi connectivity index (χ3v) is 5.95. The van der Waals surface area contributed by atoms with Crippen molar-refractivity contribution in [1.82, 2.24) is 20.9 Å². The molecule has 0 radical (unpaired) electrons. The molecular formula is C22H33N5O2S. The number of hydrogen-bond acceptors (Lipinski definition) is 5. The van der Waals surface area contributed by atoms with Crippen LogP contribution < -0.4 is 16.0 Å². The topological polar surface area (TPSA) is 81.9 Å². The summed E-state index contributed by atoms with van der Waals surface area (Å²) in [5, 5.41) is 14.2. The van der Waals surface area contributed by atoms with E-state index in [1.54, 1.807) is 17.4 Å². The van der Waals surface area contributed by atoms with Gasteiger partial charge in [0.2, 0.25) is 0 Å². The second-order valence-electron chi connectivity index (χ2n) is 7.63. The van der Waals surface area contributed by atoms with Crippen molar-refractivity contribution in [1.29, 1.82) is 0 Å². The number of rotatable bonds is 9. The molecule has 1 amide bonds. The number of carbonyl (C=O) groups excluding carboxylic acids is 1. The summed E-state index contributed by atoms with van der Waals surface area (Å²) in [5.74, 6) is 1.08. The Bertz CT molecular complexity index is 794. The molecule has 164 valence electrons. The van der Waals surface area contributed by atoms with Crippen LogP contribution in [0.1, 0.15) is 47.9 Å². The molecule has 0 aliphatic carbocycles. The molecule has 3 heterocycles. The van der Waals surface area contributed by atoms with E-state index < -0.39 is 0 Å². The molecule has 8 heteroatoms. The van der Waals surface area contributed by atoms with Crippen molar-refractivity contribution >= 4 is 23.2 Å². The van der Waals surface area contributed by atoms with E-state index in [1.165, 1.54) is 11.8 Å². The van der Waals surface area contributed by atoms with Gasteiger partial charge in [0.25, 0.3) is 5.91 Å². The molecule has 1 fully saturated rings. The molecular weight excluding hydrogens is 398 g/mol. The van der Waals surface area contributed by atoms with Gasteiger partial charge in [0.1, 0.15) is 0 Å². The fourth-order valence-electron chi connectivity index (χ4n) is 3.55. The molecule has 1 aliphatic rings. The molecule has 1 saturated heterocycles. The molecule has 0 unspecified atom stereocenters. The highest BCUT2D eigenvalue weighted by molar-refractivity contribution is 7.07. The van der Waals surface area contributed by atoms with Crippen molar-refractivity contribution in [2.75, 3.05) is 32.7 Å². The van der Waals surface area contributed by atoms with Crippen molar-refractivity contribution in [3.05, 3.63) is 46.0 Å². The fourth-order valence-corrected chi connectivity index (χ4v) is 4.21. The lowest BCUT2D eigenvalue weighted by Crippen LogP contribution is -2.48. The molecule has 2 aromatic heterocycles. The number of nitrogens with one attached hydrogen (secondary N) is 3. The third-order valence-electron chi connectivity index (χ3n) is 5.22. The molecule has 0 spiro atoms. The maximum absolute atomic E-state index is 12.0. The van der Waals surface area contributed by atoms with Crippen LogP contribution in [-0.2, 0) is 6.54 Å². The van der Waals surface area contributed by atoms with Crippen LogP contribution in [-0.4, -0.2) is 55.5 Å². The largest absolute Gasteiger partial charge is 0.459 e. The zero-order chi connectivity index (χ0) is 21.2. The summed E-state index contributed by atoms with van der Waals surface area (Å²) in [6.45, 7) is 9.25. The zero-order valence-corrected chi connectivity index (χ0v) is 18.8. The van der Waals surface area contributed by atoms with Crippen LogP contribution in [0.15, 0.2) is 38.6 Å². The monoisotopic (exact) mass is 431 g/mol.